The zero-order valence-corrected chi connectivity index (χ0v) is 25.1. The third-order valence-corrected chi connectivity index (χ3v) is 7.81. The number of carbonyl (C=O) groups excluding carboxylic acids is 1. The van der Waals surface area contributed by atoms with Crippen molar-refractivity contribution in [1.82, 2.24) is 19.8 Å². The fraction of sp³-hybridized carbons (Fsp3) is 0.303. The van der Waals surface area contributed by atoms with Gasteiger partial charge in [-0.25, -0.2) is 18.6 Å². The fourth-order valence-corrected chi connectivity index (χ4v) is 5.51. The SMILES string of the molecule is CSCC[C@H](NC(=O)c1ccc(CN(CCCn2ccnc2)Cc2cc(F)cc(F)c2)cc1-c1ccccc1C)C(=O)O. The molecular weight excluding hydrogens is 570 g/mol. The van der Waals surface area contributed by atoms with Crippen molar-refractivity contribution in [2.45, 2.75) is 45.4 Å². The number of aryl methyl sites for hydroxylation is 2. The number of nitrogens with zero attached hydrogens (tertiary/aromatic N) is 3. The van der Waals surface area contributed by atoms with Gasteiger partial charge in [-0.2, -0.15) is 11.8 Å². The Kier molecular flexibility index (Phi) is 11.5. The number of nitrogens with one attached hydrogen (secondary N) is 1. The molecule has 0 aliphatic carbocycles. The van der Waals surface area contributed by atoms with Crippen molar-refractivity contribution in [3.63, 3.8) is 0 Å². The average Bonchev–Trinajstić information content (AvgIpc) is 3.48. The number of carboxylic acid groups (broad SMARTS) is 1. The van der Waals surface area contributed by atoms with Crippen molar-refractivity contribution in [1.29, 1.82) is 0 Å². The summed E-state index contributed by atoms with van der Waals surface area (Å²) in [5.74, 6) is -2.17. The lowest BCUT2D eigenvalue weighted by molar-refractivity contribution is -0.139. The summed E-state index contributed by atoms with van der Waals surface area (Å²) in [6.45, 7) is 4.14. The zero-order valence-electron chi connectivity index (χ0n) is 24.3. The van der Waals surface area contributed by atoms with Crippen molar-refractivity contribution in [3.8, 4) is 11.1 Å². The van der Waals surface area contributed by atoms with Crippen LogP contribution in [0, 0.1) is 18.6 Å². The molecule has 0 saturated carbocycles. The number of halogens is 2. The van der Waals surface area contributed by atoms with Crippen molar-refractivity contribution in [2.24, 2.45) is 0 Å². The van der Waals surface area contributed by atoms with E-state index in [0.717, 1.165) is 35.7 Å². The molecule has 3 aromatic carbocycles. The van der Waals surface area contributed by atoms with E-state index in [4.69, 9.17) is 0 Å². The monoisotopic (exact) mass is 606 g/mol. The first-order valence-corrected chi connectivity index (χ1v) is 15.5. The van der Waals surface area contributed by atoms with E-state index in [1.54, 1.807) is 18.6 Å². The van der Waals surface area contributed by atoms with Crippen LogP contribution in [-0.2, 0) is 24.4 Å². The van der Waals surface area contributed by atoms with Gasteiger partial charge in [0.15, 0.2) is 0 Å². The number of carbonyl (C=O) groups is 2. The molecule has 0 spiro atoms. The Hall–Kier alpha value is -4.02. The number of imidazole rings is 1. The van der Waals surface area contributed by atoms with E-state index in [1.165, 1.54) is 23.9 Å². The Morgan fingerprint density at radius 1 is 1.02 bits per heavy atom. The number of hydrogen-bond acceptors (Lipinski definition) is 5. The van der Waals surface area contributed by atoms with Gasteiger partial charge in [0.1, 0.15) is 17.7 Å². The molecule has 0 bridgehead atoms. The normalized spacial score (nSPS) is 11.9. The molecular formula is C33H36F2N4O3S. The van der Waals surface area contributed by atoms with Crippen molar-refractivity contribution >= 4 is 23.6 Å². The molecule has 1 atom stereocenters. The first-order chi connectivity index (χ1) is 20.7. The lowest BCUT2D eigenvalue weighted by Crippen LogP contribution is -2.41. The number of rotatable bonds is 15. The largest absolute Gasteiger partial charge is 0.480 e. The molecule has 0 aliphatic heterocycles. The summed E-state index contributed by atoms with van der Waals surface area (Å²) in [5, 5.41) is 12.4. The summed E-state index contributed by atoms with van der Waals surface area (Å²) < 4.78 is 30.0. The van der Waals surface area contributed by atoms with Gasteiger partial charge in [-0.15, -0.1) is 0 Å². The zero-order chi connectivity index (χ0) is 30.8. The van der Waals surface area contributed by atoms with E-state index in [0.29, 0.717) is 48.5 Å². The van der Waals surface area contributed by atoms with E-state index < -0.39 is 29.6 Å². The molecule has 0 radical (unpaired) electrons. The third kappa shape index (κ3) is 9.23. The highest BCUT2D eigenvalue weighted by Gasteiger charge is 2.23. The van der Waals surface area contributed by atoms with Gasteiger partial charge in [-0.1, -0.05) is 30.3 Å². The molecule has 2 N–H and O–H groups in total. The van der Waals surface area contributed by atoms with Crippen LogP contribution in [0.4, 0.5) is 8.78 Å². The lowest BCUT2D eigenvalue weighted by atomic mass is 9.93. The van der Waals surface area contributed by atoms with Gasteiger partial charge in [0.05, 0.1) is 6.33 Å². The van der Waals surface area contributed by atoms with Gasteiger partial charge in [0.2, 0.25) is 0 Å². The second-order valence-electron chi connectivity index (χ2n) is 10.5. The highest BCUT2D eigenvalue weighted by molar-refractivity contribution is 7.98. The number of aliphatic carboxylic acids is 1. The maximum atomic E-state index is 14.0. The van der Waals surface area contributed by atoms with Crippen LogP contribution in [0.5, 0.6) is 0 Å². The Balaban J connectivity index is 1.63. The van der Waals surface area contributed by atoms with Gasteiger partial charge >= 0.3 is 5.97 Å². The predicted molar refractivity (Wildman–Crippen MR) is 166 cm³/mol. The van der Waals surface area contributed by atoms with Crippen LogP contribution < -0.4 is 5.32 Å². The number of benzene rings is 3. The molecule has 7 nitrogen and oxygen atoms in total. The minimum atomic E-state index is -1.07. The first kappa shape index (κ1) is 31.9. The van der Waals surface area contributed by atoms with E-state index >= 15 is 0 Å². The van der Waals surface area contributed by atoms with Crippen LogP contribution in [0.2, 0.25) is 0 Å². The molecule has 0 aliphatic rings. The number of carboxylic acids is 1. The summed E-state index contributed by atoms with van der Waals surface area (Å²) >= 11 is 1.52. The standard InChI is InChI=1S/C33H36F2N4O3S/c1-23-6-3-4-7-28(23)30-18-24(8-9-29(30)32(40)37-31(33(41)42)10-15-43-2)20-39(13-5-12-38-14-11-36-22-38)21-25-16-26(34)19-27(35)17-25/h3-4,6-9,11,14,16-19,22,31H,5,10,12-13,15,20-21H2,1-2H3,(H,37,40)(H,41,42)/t31-/m0/s1. The molecule has 4 aromatic rings. The fourth-order valence-electron chi connectivity index (χ4n) is 5.04. The predicted octanol–water partition coefficient (Wildman–Crippen LogP) is 6.17. The maximum Gasteiger partial charge on any atom is 0.326 e. The van der Waals surface area contributed by atoms with Crippen LogP contribution in [0.15, 0.2) is 79.4 Å². The minimum absolute atomic E-state index is 0.314. The van der Waals surface area contributed by atoms with E-state index in [2.05, 4.69) is 15.2 Å². The molecule has 226 valence electrons. The first-order valence-electron chi connectivity index (χ1n) is 14.1. The topological polar surface area (TPSA) is 87.5 Å². The quantitative estimate of drug-likeness (QED) is 0.168. The van der Waals surface area contributed by atoms with Crippen LogP contribution in [-0.4, -0.2) is 56.0 Å². The Bertz CT molecular complexity index is 1510. The number of hydrogen-bond donors (Lipinski definition) is 2. The van der Waals surface area contributed by atoms with Crippen molar-refractivity contribution < 1.29 is 23.5 Å². The summed E-state index contributed by atoms with van der Waals surface area (Å²) in [5.41, 5.74) is 4.35. The number of aromatic nitrogens is 2. The van der Waals surface area contributed by atoms with Gasteiger partial charge in [-0.3, -0.25) is 9.69 Å². The van der Waals surface area contributed by atoms with E-state index in [9.17, 15) is 23.5 Å². The number of thioether (sulfide) groups is 1. The second kappa shape index (κ2) is 15.5. The molecule has 1 amide bonds. The van der Waals surface area contributed by atoms with Crippen LogP contribution in [0.25, 0.3) is 11.1 Å². The summed E-state index contributed by atoms with van der Waals surface area (Å²) in [7, 11) is 0. The van der Waals surface area contributed by atoms with Gasteiger partial charge in [-0.05, 0) is 83.9 Å². The molecule has 0 unspecified atom stereocenters. The Morgan fingerprint density at radius 3 is 2.44 bits per heavy atom. The highest BCUT2D eigenvalue weighted by atomic mass is 32.2. The molecule has 0 saturated heterocycles. The minimum Gasteiger partial charge on any atom is -0.480 e. The summed E-state index contributed by atoms with van der Waals surface area (Å²) in [6, 6.07) is 15.8. The van der Waals surface area contributed by atoms with Crippen LogP contribution in [0.3, 0.4) is 0 Å². The molecule has 0 fully saturated rings. The van der Waals surface area contributed by atoms with Gasteiger partial charge in [0.25, 0.3) is 5.91 Å². The summed E-state index contributed by atoms with van der Waals surface area (Å²) in [6.07, 6.45) is 8.35. The smallest absolute Gasteiger partial charge is 0.326 e. The van der Waals surface area contributed by atoms with Crippen LogP contribution >= 0.6 is 11.8 Å². The van der Waals surface area contributed by atoms with E-state index in [-0.39, 0.29) is 0 Å². The van der Waals surface area contributed by atoms with Gasteiger partial charge in [0, 0.05) is 50.2 Å². The number of amides is 1. The lowest BCUT2D eigenvalue weighted by Gasteiger charge is -2.24. The average molecular weight is 607 g/mol. The molecule has 4 rings (SSSR count). The van der Waals surface area contributed by atoms with E-state index in [1.807, 2.05) is 60.3 Å². The second-order valence-corrected chi connectivity index (χ2v) is 11.5. The maximum absolute atomic E-state index is 14.0. The van der Waals surface area contributed by atoms with Crippen LogP contribution in [0.1, 0.15) is 39.9 Å². The Labute approximate surface area is 255 Å². The Morgan fingerprint density at radius 2 is 1.77 bits per heavy atom. The summed E-state index contributed by atoms with van der Waals surface area (Å²) in [4.78, 5) is 31.5. The van der Waals surface area contributed by atoms with Crippen molar-refractivity contribution in [2.75, 3.05) is 18.6 Å². The third-order valence-electron chi connectivity index (χ3n) is 7.16. The van der Waals surface area contributed by atoms with Crippen molar-refractivity contribution in [3.05, 3.63) is 113 Å². The molecule has 43 heavy (non-hydrogen) atoms. The highest BCUT2D eigenvalue weighted by Crippen LogP contribution is 2.29. The molecule has 10 heteroatoms. The molecule has 1 heterocycles. The van der Waals surface area contributed by atoms with Gasteiger partial charge < -0.3 is 15.0 Å². The molecule has 1 aromatic heterocycles.